The zero-order chi connectivity index (χ0) is 35.8. The Kier molecular flexibility index (Phi) is 16.9. The number of hydrogen-bond donors (Lipinski definition) is 10. The number of aromatic nitrogens is 2. The molecule has 2 rings (SSSR count). The van der Waals surface area contributed by atoms with Crippen molar-refractivity contribution in [1.29, 1.82) is 0 Å². The molecule has 1 aromatic rings. The van der Waals surface area contributed by atoms with E-state index in [9.17, 15) is 44.4 Å². The summed E-state index contributed by atoms with van der Waals surface area (Å²) in [6.07, 6.45) is -0.0324. The molecular formula is C29H48N8O11. The Labute approximate surface area is 277 Å². The van der Waals surface area contributed by atoms with Gasteiger partial charge in [-0.3, -0.25) is 24.0 Å². The average Bonchev–Trinajstić information content (AvgIpc) is 3.76. The third-order valence-corrected chi connectivity index (χ3v) is 7.44. The summed E-state index contributed by atoms with van der Waals surface area (Å²) in [5, 5.41) is 60.8. The first-order chi connectivity index (χ1) is 22.8. The molecule has 1 fully saturated rings. The minimum absolute atomic E-state index is 0.0265. The fraction of sp³-hybridized carbons (Fsp3) is 0.690. The number of aliphatic hydroxyl groups excluding tert-OH is 5. The maximum absolute atomic E-state index is 13.5. The number of carbonyl (C=O) groups excluding carboxylic acids is 5. The van der Waals surface area contributed by atoms with Crippen molar-refractivity contribution in [2.45, 2.75) is 88.9 Å². The summed E-state index contributed by atoms with van der Waals surface area (Å²) in [5.41, 5.74) is 0.481. The number of amides is 5. The molecule has 0 spiro atoms. The third-order valence-electron chi connectivity index (χ3n) is 7.44. The molecule has 7 atom stereocenters. The topological polar surface area (TPSA) is 288 Å². The van der Waals surface area contributed by atoms with Crippen molar-refractivity contribution in [3.63, 3.8) is 0 Å². The number of rotatable bonds is 20. The molecule has 270 valence electrons. The fourth-order valence-electron chi connectivity index (χ4n) is 4.88. The van der Waals surface area contributed by atoms with Gasteiger partial charge in [-0.15, -0.1) is 0 Å². The molecule has 0 aliphatic carbocycles. The number of nitrogens with one attached hydrogen (secondary N) is 5. The van der Waals surface area contributed by atoms with Gasteiger partial charge in [0.15, 0.2) is 0 Å². The quantitative estimate of drug-likeness (QED) is 0.0354. The molecule has 0 saturated carbocycles. The molecule has 0 bridgehead atoms. The Morgan fingerprint density at radius 1 is 1.04 bits per heavy atom. The van der Waals surface area contributed by atoms with Crippen LogP contribution in [0.5, 0.6) is 0 Å². The molecule has 19 nitrogen and oxygen atoms in total. The zero-order valence-corrected chi connectivity index (χ0v) is 27.2. The predicted molar refractivity (Wildman–Crippen MR) is 168 cm³/mol. The largest absolute Gasteiger partial charge is 0.394 e. The van der Waals surface area contributed by atoms with Crippen LogP contribution in [0, 0.1) is 5.92 Å². The van der Waals surface area contributed by atoms with Crippen LogP contribution in [0.2, 0.25) is 0 Å². The Hall–Kier alpha value is -4.17. The summed E-state index contributed by atoms with van der Waals surface area (Å²) in [6, 6.07) is -4.42. The van der Waals surface area contributed by atoms with E-state index in [1.807, 2.05) is 13.8 Å². The number of likely N-dealkylation sites (tertiary alicyclic amines) is 1. The highest BCUT2D eigenvalue weighted by atomic mass is 16.6. The predicted octanol–water partition coefficient (Wildman–Crippen LogP) is -4.35. The first kappa shape index (κ1) is 40.0. The molecular weight excluding hydrogens is 636 g/mol. The summed E-state index contributed by atoms with van der Waals surface area (Å²) >= 11 is 0. The second-order valence-corrected chi connectivity index (χ2v) is 11.8. The second-order valence-electron chi connectivity index (χ2n) is 11.8. The van der Waals surface area contributed by atoms with E-state index in [-0.39, 0.29) is 37.8 Å². The molecule has 19 heteroatoms. The van der Waals surface area contributed by atoms with Crippen LogP contribution in [0.25, 0.3) is 0 Å². The molecule has 0 radical (unpaired) electrons. The summed E-state index contributed by atoms with van der Waals surface area (Å²) in [5.74, 6) is -3.00. The monoisotopic (exact) mass is 684 g/mol. The summed E-state index contributed by atoms with van der Waals surface area (Å²) in [7, 11) is 0. The molecule has 0 aromatic carbocycles. The summed E-state index contributed by atoms with van der Waals surface area (Å²) in [4.78, 5) is 77.8. The van der Waals surface area contributed by atoms with Crippen LogP contribution in [0.4, 0.5) is 0 Å². The lowest BCUT2D eigenvalue weighted by Crippen LogP contribution is -2.59. The third kappa shape index (κ3) is 12.8. The number of oxime groups is 1. The molecule has 1 aliphatic heterocycles. The van der Waals surface area contributed by atoms with E-state index in [2.05, 4.69) is 36.4 Å². The molecule has 3 unspecified atom stereocenters. The van der Waals surface area contributed by atoms with Gasteiger partial charge in [0.1, 0.15) is 49.1 Å². The van der Waals surface area contributed by atoms with Crippen molar-refractivity contribution < 1.29 is 54.3 Å². The van der Waals surface area contributed by atoms with E-state index < -0.39 is 79.3 Å². The fourth-order valence-corrected chi connectivity index (χ4v) is 4.88. The van der Waals surface area contributed by atoms with Gasteiger partial charge in [0.2, 0.25) is 29.5 Å². The van der Waals surface area contributed by atoms with E-state index in [0.717, 1.165) is 6.21 Å². The van der Waals surface area contributed by atoms with Crippen LogP contribution in [-0.2, 0) is 35.2 Å². The van der Waals surface area contributed by atoms with Gasteiger partial charge in [-0.25, -0.2) is 4.98 Å². The van der Waals surface area contributed by atoms with Gasteiger partial charge in [-0.1, -0.05) is 19.0 Å². The van der Waals surface area contributed by atoms with Gasteiger partial charge in [0.25, 0.3) is 0 Å². The summed E-state index contributed by atoms with van der Waals surface area (Å²) < 4.78 is 0. The SMILES string of the molecule is CC(=O)N1CCC[C@H]1C(=O)N[C@@H](CC(C)C)C(=O)N[C@@H](Cc1cnc[nH]1)C(=O)N[C@@H](CO)C(=O)NCCO/N=C/C(O)C(O)C(O)CO. The molecule has 1 aromatic heterocycles. The molecule has 48 heavy (non-hydrogen) atoms. The van der Waals surface area contributed by atoms with E-state index in [4.69, 9.17) is 9.94 Å². The molecule has 5 amide bonds. The van der Waals surface area contributed by atoms with Gasteiger partial charge >= 0.3 is 0 Å². The molecule has 10 N–H and O–H groups in total. The van der Waals surface area contributed by atoms with E-state index >= 15 is 0 Å². The number of hydrogen-bond acceptors (Lipinski definition) is 13. The number of carbonyl (C=O) groups is 5. The van der Waals surface area contributed by atoms with Gasteiger partial charge in [0, 0.05) is 31.8 Å². The van der Waals surface area contributed by atoms with Crippen LogP contribution in [0.3, 0.4) is 0 Å². The number of nitrogens with zero attached hydrogens (tertiary/aromatic N) is 3. The highest BCUT2D eigenvalue weighted by Crippen LogP contribution is 2.18. The minimum Gasteiger partial charge on any atom is -0.394 e. The van der Waals surface area contributed by atoms with Crippen molar-refractivity contribution in [2.75, 3.05) is 32.9 Å². The van der Waals surface area contributed by atoms with Crippen molar-refractivity contribution in [3.05, 3.63) is 18.2 Å². The Bertz CT molecular complexity index is 1220. The Balaban J connectivity index is 2.03. The smallest absolute Gasteiger partial charge is 0.245 e. The lowest BCUT2D eigenvalue weighted by atomic mass is 10.0. The summed E-state index contributed by atoms with van der Waals surface area (Å²) in [6.45, 7) is 3.60. The van der Waals surface area contributed by atoms with Crippen molar-refractivity contribution >= 4 is 35.8 Å². The standard InChI is InChI=1S/C29H48N8O11/c1-16(2)9-19(35-29(47)22-5-4-7-37(22)17(3)40)27(45)34-20(10-18-11-30-15-32-18)28(46)36-21(13-38)26(44)31-6-8-48-33-12-23(41)25(43)24(42)14-39/h11-12,15-16,19-25,38-39,41-43H,4-10,13-14H2,1-3H3,(H,30,32)(H,31,44)(H,34,45)(H,35,47)(H,36,46)/b33-12+/t19-,20-,21-,22-,23?,24?,25?/m0/s1. The maximum Gasteiger partial charge on any atom is 0.245 e. The van der Waals surface area contributed by atoms with Crippen LogP contribution >= 0.6 is 0 Å². The van der Waals surface area contributed by atoms with E-state index in [1.54, 1.807) is 0 Å². The van der Waals surface area contributed by atoms with Gasteiger partial charge in [0.05, 0.1) is 32.3 Å². The normalized spacial score (nSPS) is 18.4. The van der Waals surface area contributed by atoms with Crippen LogP contribution in [0.15, 0.2) is 17.7 Å². The number of H-pyrrole nitrogens is 1. The maximum atomic E-state index is 13.5. The second kappa shape index (κ2) is 20.3. The first-order valence-electron chi connectivity index (χ1n) is 15.6. The van der Waals surface area contributed by atoms with Gasteiger partial charge in [-0.05, 0) is 25.2 Å². The Morgan fingerprint density at radius 3 is 2.33 bits per heavy atom. The van der Waals surface area contributed by atoms with Crippen LogP contribution in [0.1, 0.15) is 45.7 Å². The number of imidazole rings is 1. The lowest BCUT2D eigenvalue weighted by Gasteiger charge is -2.28. The van der Waals surface area contributed by atoms with E-state index in [0.29, 0.717) is 25.1 Å². The van der Waals surface area contributed by atoms with Crippen LogP contribution in [-0.4, -0.2) is 152 Å². The Morgan fingerprint density at radius 2 is 1.73 bits per heavy atom. The highest BCUT2D eigenvalue weighted by molar-refractivity contribution is 5.95. The molecule has 1 saturated heterocycles. The van der Waals surface area contributed by atoms with E-state index in [1.165, 1.54) is 24.3 Å². The molecule has 1 aliphatic rings. The lowest BCUT2D eigenvalue weighted by molar-refractivity contribution is -0.138. The van der Waals surface area contributed by atoms with Crippen LogP contribution < -0.4 is 21.3 Å². The van der Waals surface area contributed by atoms with Crippen molar-refractivity contribution in [1.82, 2.24) is 36.1 Å². The molecule has 2 heterocycles. The van der Waals surface area contributed by atoms with Crippen molar-refractivity contribution in [2.24, 2.45) is 11.1 Å². The van der Waals surface area contributed by atoms with Gasteiger partial charge < -0.3 is 61.5 Å². The number of aromatic amines is 1. The van der Waals surface area contributed by atoms with Crippen molar-refractivity contribution in [3.8, 4) is 0 Å². The number of aliphatic hydroxyl groups is 5. The average molecular weight is 685 g/mol. The zero-order valence-electron chi connectivity index (χ0n) is 27.2. The van der Waals surface area contributed by atoms with Gasteiger partial charge in [-0.2, -0.15) is 0 Å². The first-order valence-corrected chi connectivity index (χ1v) is 15.6. The minimum atomic E-state index is -1.70. The highest BCUT2D eigenvalue weighted by Gasteiger charge is 2.36.